The monoisotopic (exact) mass is 399 g/mol. The summed E-state index contributed by atoms with van der Waals surface area (Å²) in [6.45, 7) is 4.56. The van der Waals surface area contributed by atoms with Gasteiger partial charge in [0.2, 0.25) is 0 Å². The average molecular weight is 400 g/mol. The summed E-state index contributed by atoms with van der Waals surface area (Å²) in [7, 11) is 2.28. The third-order valence-corrected chi connectivity index (χ3v) is 7.59. The van der Waals surface area contributed by atoms with Gasteiger partial charge in [-0.3, -0.25) is 4.90 Å². The molecule has 5 rings (SSSR count). The number of hydrogen-bond donors (Lipinski definition) is 0. The van der Waals surface area contributed by atoms with Crippen molar-refractivity contribution in [3.63, 3.8) is 0 Å². The lowest BCUT2D eigenvalue weighted by atomic mass is 9.91. The van der Waals surface area contributed by atoms with Gasteiger partial charge in [0.1, 0.15) is 0 Å². The third kappa shape index (κ3) is 3.38. The minimum absolute atomic E-state index is 0.718. The molecule has 27 heavy (non-hydrogen) atoms. The second-order valence-corrected chi connectivity index (χ2v) is 9.55. The van der Waals surface area contributed by atoms with E-state index >= 15 is 0 Å². The molecule has 0 radical (unpaired) electrons. The number of likely N-dealkylation sites (tertiary alicyclic amines) is 1. The quantitative estimate of drug-likeness (QED) is 0.708. The van der Waals surface area contributed by atoms with Crippen LogP contribution in [-0.4, -0.2) is 55.1 Å². The van der Waals surface area contributed by atoms with Crippen molar-refractivity contribution < 1.29 is 0 Å². The first-order valence-corrected chi connectivity index (χ1v) is 11.2. The number of hydrogen-bond acceptors (Lipinski definition) is 4. The molecule has 3 aliphatic rings. The first kappa shape index (κ1) is 17.9. The van der Waals surface area contributed by atoms with E-state index in [1.54, 1.807) is 0 Å². The van der Waals surface area contributed by atoms with Crippen LogP contribution in [0.1, 0.15) is 19.3 Å². The van der Waals surface area contributed by atoms with Gasteiger partial charge >= 0.3 is 0 Å². The lowest BCUT2D eigenvalue weighted by molar-refractivity contribution is 0.00358. The third-order valence-electron chi connectivity index (χ3n) is 6.23. The molecule has 2 saturated heterocycles. The Morgan fingerprint density at radius 3 is 2.52 bits per heavy atom. The minimum Gasteiger partial charge on any atom is -0.338 e. The molecule has 142 valence electrons. The molecule has 2 aromatic carbocycles. The highest BCUT2D eigenvalue weighted by Crippen LogP contribution is 2.48. The molecule has 0 N–H and O–H groups in total. The summed E-state index contributed by atoms with van der Waals surface area (Å²) in [6, 6.07) is 16.5. The van der Waals surface area contributed by atoms with Crippen LogP contribution in [0.25, 0.3) is 0 Å². The van der Waals surface area contributed by atoms with Gasteiger partial charge in [0.25, 0.3) is 0 Å². The highest BCUT2D eigenvalue weighted by atomic mass is 35.5. The van der Waals surface area contributed by atoms with E-state index in [1.165, 1.54) is 53.5 Å². The summed E-state index contributed by atoms with van der Waals surface area (Å²) < 4.78 is 0. The van der Waals surface area contributed by atoms with Crippen molar-refractivity contribution in [2.24, 2.45) is 0 Å². The van der Waals surface area contributed by atoms with E-state index in [9.17, 15) is 0 Å². The van der Waals surface area contributed by atoms with Gasteiger partial charge in [-0.2, -0.15) is 0 Å². The van der Waals surface area contributed by atoms with Crippen molar-refractivity contribution in [1.82, 2.24) is 9.80 Å². The Hall–Kier alpha value is -1.20. The molecule has 0 aromatic heterocycles. The summed E-state index contributed by atoms with van der Waals surface area (Å²) in [5.41, 5.74) is 2.57. The van der Waals surface area contributed by atoms with Crippen molar-refractivity contribution in [1.29, 1.82) is 0 Å². The predicted molar refractivity (Wildman–Crippen MR) is 115 cm³/mol. The summed E-state index contributed by atoms with van der Waals surface area (Å²) in [6.07, 6.45) is 4.08. The Morgan fingerprint density at radius 2 is 1.70 bits per heavy atom. The number of halogens is 1. The second-order valence-electron chi connectivity index (χ2n) is 8.03. The molecule has 2 fully saturated rings. The van der Waals surface area contributed by atoms with Crippen LogP contribution in [0, 0.1) is 0 Å². The van der Waals surface area contributed by atoms with Gasteiger partial charge in [0.05, 0.1) is 11.4 Å². The van der Waals surface area contributed by atoms with E-state index in [0.29, 0.717) is 0 Å². The number of anilines is 2. The number of nitrogens with zero attached hydrogens (tertiary/aromatic N) is 3. The molecule has 3 nitrogen and oxygen atoms in total. The van der Waals surface area contributed by atoms with E-state index in [2.05, 4.69) is 58.1 Å². The van der Waals surface area contributed by atoms with Gasteiger partial charge in [-0.1, -0.05) is 41.9 Å². The van der Waals surface area contributed by atoms with Crippen molar-refractivity contribution in [3.8, 4) is 0 Å². The second kappa shape index (κ2) is 7.32. The first-order chi connectivity index (χ1) is 13.2. The van der Waals surface area contributed by atoms with Crippen LogP contribution in [0.5, 0.6) is 0 Å². The van der Waals surface area contributed by atoms with Crippen LogP contribution < -0.4 is 4.90 Å². The topological polar surface area (TPSA) is 9.72 Å². The molecular formula is C22H26ClN3S. The molecule has 2 unspecified atom stereocenters. The van der Waals surface area contributed by atoms with Crippen LogP contribution in [0.3, 0.4) is 0 Å². The number of para-hydroxylation sites is 1. The van der Waals surface area contributed by atoms with E-state index in [1.807, 2.05) is 17.8 Å². The fourth-order valence-electron chi connectivity index (χ4n) is 5.03. The molecular weight excluding hydrogens is 374 g/mol. The van der Waals surface area contributed by atoms with Crippen LogP contribution in [0.2, 0.25) is 5.02 Å². The summed E-state index contributed by atoms with van der Waals surface area (Å²) >= 11 is 8.21. The van der Waals surface area contributed by atoms with Crippen molar-refractivity contribution >= 4 is 34.7 Å². The summed E-state index contributed by atoms with van der Waals surface area (Å²) in [5, 5.41) is 0.815. The number of benzene rings is 2. The summed E-state index contributed by atoms with van der Waals surface area (Å²) in [5.74, 6) is 0. The first-order valence-electron chi connectivity index (χ1n) is 9.97. The Balaban J connectivity index is 1.42. The Labute approximate surface area is 171 Å². The molecule has 0 amide bonds. The molecule has 0 saturated carbocycles. The van der Waals surface area contributed by atoms with Gasteiger partial charge in [0, 0.05) is 53.1 Å². The van der Waals surface area contributed by atoms with Gasteiger partial charge in [-0.25, -0.2) is 0 Å². The summed E-state index contributed by atoms with van der Waals surface area (Å²) in [4.78, 5) is 10.4. The zero-order valence-corrected chi connectivity index (χ0v) is 17.3. The Bertz CT molecular complexity index is 828. The number of rotatable bonds is 3. The van der Waals surface area contributed by atoms with Gasteiger partial charge < -0.3 is 9.80 Å². The van der Waals surface area contributed by atoms with Crippen LogP contribution in [0.4, 0.5) is 11.4 Å². The van der Waals surface area contributed by atoms with E-state index in [4.69, 9.17) is 11.6 Å². The lowest BCUT2D eigenvalue weighted by Crippen LogP contribution is -2.60. The predicted octanol–water partition coefficient (Wildman–Crippen LogP) is 5.11. The number of piperidine rings is 1. The SMILES string of the molecule is CN1CC2CCCC(C1)N2CCN1c2ccccc2Sc2ccc(Cl)cc21. The van der Waals surface area contributed by atoms with Gasteiger partial charge in [-0.05, 0) is 50.2 Å². The van der Waals surface area contributed by atoms with Crippen LogP contribution in [-0.2, 0) is 0 Å². The van der Waals surface area contributed by atoms with Crippen molar-refractivity contribution in [2.45, 2.75) is 41.1 Å². The molecule has 0 aliphatic carbocycles. The highest BCUT2D eigenvalue weighted by molar-refractivity contribution is 7.99. The van der Waals surface area contributed by atoms with E-state index < -0.39 is 0 Å². The van der Waals surface area contributed by atoms with Crippen molar-refractivity contribution in [2.75, 3.05) is 38.1 Å². The van der Waals surface area contributed by atoms with Crippen molar-refractivity contribution in [3.05, 3.63) is 47.5 Å². The number of fused-ring (bicyclic) bond motifs is 4. The Kier molecular flexibility index (Phi) is 4.85. The average Bonchev–Trinajstić information content (AvgIpc) is 2.65. The molecule has 3 heterocycles. The Morgan fingerprint density at radius 1 is 0.963 bits per heavy atom. The normalized spacial score (nSPS) is 25.2. The maximum atomic E-state index is 6.36. The largest absolute Gasteiger partial charge is 0.338 e. The lowest BCUT2D eigenvalue weighted by Gasteiger charge is -2.50. The maximum Gasteiger partial charge on any atom is 0.0568 e. The molecule has 2 atom stereocenters. The fraction of sp³-hybridized carbons (Fsp3) is 0.455. The van der Waals surface area contributed by atoms with Gasteiger partial charge in [0.15, 0.2) is 0 Å². The molecule has 5 heteroatoms. The number of likely N-dealkylation sites (N-methyl/N-ethyl adjacent to an activating group) is 1. The zero-order valence-electron chi connectivity index (χ0n) is 15.8. The molecule has 0 spiro atoms. The zero-order chi connectivity index (χ0) is 18.4. The molecule has 2 aromatic rings. The highest BCUT2D eigenvalue weighted by Gasteiger charge is 2.36. The van der Waals surface area contributed by atoms with Crippen LogP contribution >= 0.6 is 23.4 Å². The fourth-order valence-corrected chi connectivity index (χ4v) is 6.27. The van der Waals surface area contributed by atoms with E-state index in [-0.39, 0.29) is 0 Å². The maximum absolute atomic E-state index is 6.36. The minimum atomic E-state index is 0.718. The van der Waals surface area contributed by atoms with Crippen LogP contribution in [0.15, 0.2) is 52.3 Å². The standard InChI is InChI=1S/C22H26ClN3S/c1-24-14-17-5-4-6-18(15-24)25(17)11-12-26-19-7-2-3-8-21(19)27-22-10-9-16(23)13-20(22)26/h2-3,7-10,13,17-18H,4-6,11-12,14-15H2,1H3. The van der Waals surface area contributed by atoms with E-state index in [0.717, 1.165) is 30.2 Å². The van der Waals surface area contributed by atoms with Gasteiger partial charge in [-0.15, -0.1) is 0 Å². The molecule has 2 bridgehead atoms. The number of piperazine rings is 1. The molecule has 3 aliphatic heterocycles. The smallest absolute Gasteiger partial charge is 0.0568 e.